The molecule has 0 aliphatic carbocycles. The quantitative estimate of drug-likeness (QED) is 0.689. The van der Waals surface area contributed by atoms with Gasteiger partial charge in [0.05, 0.1) is 15.8 Å². The van der Waals surface area contributed by atoms with Crippen LogP contribution in [0.4, 0.5) is 4.79 Å². The number of ether oxygens (including phenoxy) is 1. The van der Waals surface area contributed by atoms with Crippen LogP contribution in [0.1, 0.15) is 18.5 Å². The summed E-state index contributed by atoms with van der Waals surface area (Å²) >= 11 is 2.08. The Labute approximate surface area is 146 Å². The molecule has 122 valence electrons. The van der Waals surface area contributed by atoms with E-state index in [1.165, 1.54) is 4.68 Å². The molecule has 0 fully saturated rings. The number of carbonyl (C=O) groups is 2. The molecular weight excluding hydrogens is 413 g/mol. The number of aromatic nitrogens is 2. The third-order valence-corrected chi connectivity index (χ3v) is 3.78. The molecule has 0 radical (unpaired) electrons. The average Bonchev–Trinajstić information content (AvgIpc) is 2.97. The van der Waals surface area contributed by atoms with E-state index in [1.54, 1.807) is 19.3 Å². The highest BCUT2D eigenvalue weighted by Crippen LogP contribution is 2.13. The number of rotatable bonds is 6. The van der Waals surface area contributed by atoms with Gasteiger partial charge in [-0.1, -0.05) is 30.3 Å². The Morgan fingerprint density at radius 2 is 2.09 bits per heavy atom. The number of nitrogens with one attached hydrogen (secondary N) is 1. The maximum absolute atomic E-state index is 11.8. The molecule has 0 aliphatic rings. The van der Waals surface area contributed by atoms with Crippen LogP contribution in [0.5, 0.6) is 0 Å². The smallest absolute Gasteiger partial charge is 0.408 e. The van der Waals surface area contributed by atoms with E-state index >= 15 is 0 Å². The first kappa shape index (κ1) is 17.3. The number of amides is 1. The van der Waals surface area contributed by atoms with E-state index in [0.717, 1.165) is 9.13 Å². The van der Waals surface area contributed by atoms with Crippen molar-refractivity contribution in [3.8, 4) is 0 Å². The molecule has 0 saturated heterocycles. The summed E-state index contributed by atoms with van der Waals surface area (Å²) in [6.45, 7) is 1.74. The number of carboxylic acid groups (broad SMARTS) is 1. The Kier molecular flexibility index (Phi) is 5.97. The molecule has 23 heavy (non-hydrogen) atoms. The van der Waals surface area contributed by atoms with Crippen LogP contribution in [0.15, 0.2) is 42.7 Å². The van der Waals surface area contributed by atoms with E-state index in [9.17, 15) is 14.7 Å². The Bertz CT molecular complexity index is 674. The Morgan fingerprint density at radius 1 is 1.39 bits per heavy atom. The molecule has 1 aromatic heterocycles. The minimum absolute atomic E-state index is 0.0765. The van der Waals surface area contributed by atoms with E-state index in [0.29, 0.717) is 0 Å². The van der Waals surface area contributed by atoms with Crippen molar-refractivity contribution in [2.24, 2.45) is 0 Å². The number of carboxylic acids is 1. The van der Waals surface area contributed by atoms with E-state index < -0.39 is 24.1 Å². The van der Waals surface area contributed by atoms with Gasteiger partial charge in [-0.2, -0.15) is 5.10 Å². The molecule has 0 aliphatic heterocycles. The van der Waals surface area contributed by atoms with Crippen LogP contribution in [0.25, 0.3) is 0 Å². The summed E-state index contributed by atoms with van der Waals surface area (Å²) in [6, 6.07) is 7.45. The molecule has 2 atom stereocenters. The highest BCUT2D eigenvalue weighted by atomic mass is 127. The summed E-state index contributed by atoms with van der Waals surface area (Å²) < 4.78 is 7.43. The van der Waals surface area contributed by atoms with Gasteiger partial charge < -0.3 is 15.2 Å². The van der Waals surface area contributed by atoms with Gasteiger partial charge in [-0.25, -0.2) is 9.59 Å². The fraction of sp³-hybridized carbons (Fsp3) is 0.267. The number of halogens is 1. The fourth-order valence-corrected chi connectivity index (χ4v) is 2.38. The molecule has 0 saturated carbocycles. The van der Waals surface area contributed by atoms with Crippen LogP contribution in [-0.4, -0.2) is 33.0 Å². The second-order valence-corrected chi connectivity index (χ2v) is 6.15. The molecule has 2 N–H and O–H groups in total. The normalized spacial score (nSPS) is 13.1. The number of alkyl carbamates (subject to hydrolysis) is 1. The average molecular weight is 429 g/mol. The number of hydrogen-bond donors (Lipinski definition) is 2. The first-order chi connectivity index (χ1) is 11.0. The second kappa shape index (κ2) is 7.95. The first-order valence-corrected chi connectivity index (χ1v) is 7.95. The summed E-state index contributed by atoms with van der Waals surface area (Å²) in [5.41, 5.74) is 0.823. The molecule has 0 bridgehead atoms. The lowest BCUT2D eigenvalue weighted by Gasteiger charge is -2.21. The van der Waals surface area contributed by atoms with Crippen LogP contribution in [0, 0.1) is 3.57 Å². The van der Waals surface area contributed by atoms with Gasteiger partial charge in [-0.05, 0) is 35.1 Å². The highest BCUT2D eigenvalue weighted by molar-refractivity contribution is 14.1. The highest BCUT2D eigenvalue weighted by Gasteiger charge is 2.29. The molecule has 2 unspecified atom stereocenters. The predicted molar refractivity (Wildman–Crippen MR) is 90.8 cm³/mol. The van der Waals surface area contributed by atoms with Gasteiger partial charge in [0.1, 0.15) is 6.61 Å². The zero-order valence-electron chi connectivity index (χ0n) is 12.3. The second-order valence-electron chi connectivity index (χ2n) is 4.90. The topological polar surface area (TPSA) is 93.5 Å². The maximum atomic E-state index is 11.8. The third-order valence-electron chi connectivity index (χ3n) is 3.22. The van der Waals surface area contributed by atoms with Gasteiger partial charge in [0.25, 0.3) is 0 Å². The zero-order chi connectivity index (χ0) is 16.8. The lowest BCUT2D eigenvalue weighted by Crippen LogP contribution is -2.46. The molecule has 2 aromatic rings. The molecular formula is C15H16IN3O4. The van der Waals surface area contributed by atoms with E-state index in [1.807, 2.05) is 30.3 Å². The summed E-state index contributed by atoms with van der Waals surface area (Å²) in [5.74, 6) is -1.15. The van der Waals surface area contributed by atoms with Crippen LogP contribution >= 0.6 is 22.6 Å². The van der Waals surface area contributed by atoms with Crippen molar-refractivity contribution in [2.45, 2.75) is 25.6 Å². The van der Waals surface area contributed by atoms with Gasteiger partial charge in [-0.3, -0.25) is 4.68 Å². The predicted octanol–water partition coefficient (Wildman–Crippen LogP) is 2.43. The first-order valence-electron chi connectivity index (χ1n) is 6.87. The van der Waals surface area contributed by atoms with Gasteiger partial charge >= 0.3 is 12.1 Å². The summed E-state index contributed by atoms with van der Waals surface area (Å²) in [5, 5.41) is 15.8. The number of aliphatic carboxylic acids is 1. The van der Waals surface area contributed by atoms with Crippen molar-refractivity contribution in [2.75, 3.05) is 0 Å². The van der Waals surface area contributed by atoms with Crippen molar-refractivity contribution >= 4 is 34.7 Å². The van der Waals surface area contributed by atoms with Gasteiger partial charge in [-0.15, -0.1) is 0 Å². The van der Waals surface area contributed by atoms with Crippen molar-refractivity contribution in [1.82, 2.24) is 15.1 Å². The summed E-state index contributed by atoms with van der Waals surface area (Å²) in [7, 11) is 0. The third kappa shape index (κ3) is 4.95. The molecule has 0 spiro atoms. The SMILES string of the molecule is CC(C(NC(=O)OCc1ccccc1)C(=O)O)n1cc(I)cn1. The Balaban J connectivity index is 1.96. The molecule has 1 aromatic carbocycles. The van der Waals surface area contributed by atoms with Crippen molar-refractivity contribution < 1.29 is 19.4 Å². The van der Waals surface area contributed by atoms with E-state index in [2.05, 4.69) is 33.0 Å². The summed E-state index contributed by atoms with van der Waals surface area (Å²) in [6.07, 6.45) is 2.54. The van der Waals surface area contributed by atoms with E-state index in [-0.39, 0.29) is 6.61 Å². The van der Waals surface area contributed by atoms with Crippen LogP contribution in [0.2, 0.25) is 0 Å². The molecule has 1 heterocycles. The van der Waals surface area contributed by atoms with Gasteiger partial charge in [0.15, 0.2) is 6.04 Å². The van der Waals surface area contributed by atoms with Crippen molar-refractivity contribution in [3.05, 3.63) is 51.9 Å². The largest absolute Gasteiger partial charge is 0.480 e. The van der Waals surface area contributed by atoms with Crippen LogP contribution in [-0.2, 0) is 16.1 Å². The van der Waals surface area contributed by atoms with Gasteiger partial charge in [0, 0.05) is 6.20 Å². The number of benzene rings is 1. The molecule has 7 nitrogen and oxygen atoms in total. The summed E-state index contributed by atoms with van der Waals surface area (Å²) in [4.78, 5) is 23.3. The lowest BCUT2D eigenvalue weighted by molar-refractivity contribution is -0.140. The Morgan fingerprint density at radius 3 is 2.65 bits per heavy atom. The monoisotopic (exact) mass is 429 g/mol. The minimum atomic E-state index is -1.15. The van der Waals surface area contributed by atoms with Crippen LogP contribution in [0.3, 0.4) is 0 Å². The van der Waals surface area contributed by atoms with E-state index in [4.69, 9.17) is 4.74 Å². The minimum Gasteiger partial charge on any atom is -0.480 e. The van der Waals surface area contributed by atoms with Crippen LogP contribution < -0.4 is 5.32 Å². The molecule has 2 rings (SSSR count). The number of hydrogen-bond acceptors (Lipinski definition) is 4. The lowest BCUT2D eigenvalue weighted by atomic mass is 10.1. The molecule has 1 amide bonds. The number of nitrogens with zero attached hydrogens (tertiary/aromatic N) is 2. The standard InChI is InChI=1S/C15H16IN3O4/c1-10(19-8-12(16)7-17-19)13(14(20)21)18-15(22)23-9-11-5-3-2-4-6-11/h2-8,10,13H,9H2,1H3,(H,18,22)(H,20,21). The number of carbonyl (C=O) groups excluding carboxylic acids is 1. The maximum Gasteiger partial charge on any atom is 0.408 e. The zero-order valence-corrected chi connectivity index (χ0v) is 14.5. The van der Waals surface area contributed by atoms with Crippen molar-refractivity contribution in [3.63, 3.8) is 0 Å². The van der Waals surface area contributed by atoms with Gasteiger partial charge in [0.2, 0.25) is 0 Å². The van der Waals surface area contributed by atoms with Crippen molar-refractivity contribution in [1.29, 1.82) is 0 Å². The Hall–Kier alpha value is -2.10. The molecule has 8 heteroatoms. The fourth-order valence-electron chi connectivity index (χ4n) is 1.97.